The molecular weight excluding hydrogens is 368 g/mol. The van der Waals surface area contributed by atoms with Crippen LogP contribution < -0.4 is 4.74 Å². The molecule has 4 aromatic carbocycles. The van der Waals surface area contributed by atoms with Gasteiger partial charge in [-0.25, -0.2) is 8.42 Å². The summed E-state index contributed by atoms with van der Waals surface area (Å²) in [4.78, 5) is 0.600. The second-order valence-electron chi connectivity index (χ2n) is 6.85. The third-order valence-electron chi connectivity index (χ3n) is 4.72. The summed E-state index contributed by atoms with van der Waals surface area (Å²) in [5.41, 5.74) is 1.66. The van der Waals surface area contributed by atoms with E-state index in [1.54, 1.807) is 30.3 Å². The molecule has 0 amide bonds. The van der Waals surface area contributed by atoms with Crippen molar-refractivity contribution in [1.82, 2.24) is 0 Å². The van der Waals surface area contributed by atoms with Crippen molar-refractivity contribution in [2.45, 2.75) is 23.6 Å². The van der Waals surface area contributed by atoms with Crippen molar-refractivity contribution >= 4 is 20.6 Å². The third-order valence-corrected chi connectivity index (χ3v) is 6.64. The van der Waals surface area contributed by atoms with Gasteiger partial charge in [-0.05, 0) is 78.2 Å². The lowest BCUT2D eigenvalue weighted by atomic mass is 10.1. The molecule has 0 heterocycles. The van der Waals surface area contributed by atoms with E-state index in [0.717, 1.165) is 21.9 Å². The molecule has 0 saturated heterocycles. The number of benzene rings is 4. The molecule has 4 aromatic rings. The van der Waals surface area contributed by atoms with Crippen molar-refractivity contribution in [1.29, 1.82) is 0 Å². The Morgan fingerprint density at radius 2 is 1.36 bits per heavy atom. The number of sulfone groups is 1. The molecule has 0 saturated carbocycles. The highest BCUT2D eigenvalue weighted by atomic mass is 32.2. The molecule has 0 atom stereocenters. The lowest BCUT2D eigenvalue weighted by Crippen LogP contribution is -2.04. The Morgan fingerprint density at radius 1 is 0.679 bits per heavy atom. The Labute approximate surface area is 165 Å². The fourth-order valence-corrected chi connectivity index (χ4v) is 4.76. The molecule has 28 heavy (non-hydrogen) atoms. The SMILES string of the molecule is Cc1ccc(C)c(S(=O)(=O)c2ccc(Oc3ccc4ccccc4c3)cc2)c1. The zero-order chi connectivity index (χ0) is 19.7. The Balaban J connectivity index is 1.62. The number of rotatable bonds is 4. The lowest BCUT2D eigenvalue weighted by Gasteiger charge is -2.10. The van der Waals surface area contributed by atoms with Crippen LogP contribution in [0.3, 0.4) is 0 Å². The predicted octanol–water partition coefficient (Wildman–Crippen LogP) is 6.08. The minimum absolute atomic E-state index is 0.257. The van der Waals surface area contributed by atoms with Gasteiger partial charge in [-0.2, -0.15) is 0 Å². The summed E-state index contributed by atoms with van der Waals surface area (Å²) in [6, 6.07) is 26.0. The van der Waals surface area contributed by atoms with Crippen LogP contribution in [0.5, 0.6) is 11.5 Å². The second-order valence-corrected chi connectivity index (χ2v) is 8.77. The van der Waals surface area contributed by atoms with Crippen molar-refractivity contribution in [3.05, 3.63) is 96.1 Å². The first-order chi connectivity index (χ1) is 13.4. The van der Waals surface area contributed by atoms with Gasteiger partial charge < -0.3 is 4.74 Å². The summed E-state index contributed by atoms with van der Waals surface area (Å²) >= 11 is 0. The van der Waals surface area contributed by atoms with Gasteiger partial charge in [0.2, 0.25) is 9.84 Å². The van der Waals surface area contributed by atoms with E-state index in [2.05, 4.69) is 0 Å². The van der Waals surface area contributed by atoms with Gasteiger partial charge in [-0.1, -0.05) is 42.5 Å². The molecule has 0 aliphatic heterocycles. The Bertz CT molecular complexity index is 1260. The summed E-state index contributed by atoms with van der Waals surface area (Å²) in [5, 5.41) is 2.24. The predicted molar refractivity (Wildman–Crippen MR) is 112 cm³/mol. The highest BCUT2D eigenvalue weighted by molar-refractivity contribution is 7.91. The molecule has 0 aromatic heterocycles. The van der Waals surface area contributed by atoms with E-state index in [9.17, 15) is 8.42 Å². The summed E-state index contributed by atoms with van der Waals surface area (Å²) in [6.07, 6.45) is 0. The van der Waals surface area contributed by atoms with Crippen molar-refractivity contribution in [2.75, 3.05) is 0 Å². The zero-order valence-electron chi connectivity index (χ0n) is 15.7. The number of aryl methyl sites for hydroxylation is 2. The van der Waals surface area contributed by atoms with Crippen molar-refractivity contribution in [2.24, 2.45) is 0 Å². The highest BCUT2D eigenvalue weighted by Crippen LogP contribution is 2.29. The highest BCUT2D eigenvalue weighted by Gasteiger charge is 2.20. The van der Waals surface area contributed by atoms with Crippen molar-refractivity contribution < 1.29 is 13.2 Å². The molecule has 140 valence electrons. The molecule has 4 heteroatoms. The normalized spacial score (nSPS) is 11.5. The van der Waals surface area contributed by atoms with Crippen LogP contribution in [0.2, 0.25) is 0 Å². The molecule has 0 fully saturated rings. The van der Waals surface area contributed by atoms with Gasteiger partial charge in [0.25, 0.3) is 0 Å². The number of fused-ring (bicyclic) bond motifs is 1. The van der Waals surface area contributed by atoms with Crippen LogP contribution in [0, 0.1) is 13.8 Å². The van der Waals surface area contributed by atoms with E-state index in [1.165, 1.54) is 0 Å². The molecular formula is C24H20O3S. The van der Waals surface area contributed by atoms with E-state index >= 15 is 0 Å². The fraction of sp³-hybridized carbons (Fsp3) is 0.0833. The largest absolute Gasteiger partial charge is 0.457 e. The van der Waals surface area contributed by atoms with Crippen molar-refractivity contribution in [3.8, 4) is 11.5 Å². The molecule has 0 aliphatic rings. The first-order valence-electron chi connectivity index (χ1n) is 9.02. The second kappa shape index (κ2) is 7.13. The molecule has 3 nitrogen and oxygen atoms in total. The van der Waals surface area contributed by atoms with E-state index in [4.69, 9.17) is 4.74 Å². The standard InChI is InChI=1S/C24H20O3S/c1-17-7-8-18(2)24(15-17)28(25,26)23-13-11-21(12-14-23)27-22-10-9-19-5-3-4-6-20(19)16-22/h3-16H,1-2H3. The summed E-state index contributed by atoms with van der Waals surface area (Å²) in [5.74, 6) is 1.30. The van der Waals surface area contributed by atoms with Crippen molar-refractivity contribution in [3.63, 3.8) is 0 Å². The van der Waals surface area contributed by atoms with Crippen LogP contribution in [0.15, 0.2) is 94.7 Å². The van der Waals surface area contributed by atoms with Crippen LogP contribution in [0.1, 0.15) is 11.1 Å². The van der Waals surface area contributed by atoms with E-state index in [0.29, 0.717) is 16.4 Å². The van der Waals surface area contributed by atoms with Crippen LogP contribution in [-0.4, -0.2) is 8.42 Å². The Hall–Kier alpha value is -3.11. The average molecular weight is 388 g/mol. The topological polar surface area (TPSA) is 43.4 Å². The van der Waals surface area contributed by atoms with E-state index in [1.807, 2.05) is 68.4 Å². The number of hydrogen-bond acceptors (Lipinski definition) is 3. The number of ether oxygens (including phenoxy) is 1. The van der Waals surface area contributed by atoms with Crippen LogP contribution in [0.4, 0.5) is 0 Å². The Morgan fingerprint density at radius 3 is 2.11 bits per heavy atom. The van der Waals surface area contributed by atoms with Gasteiger partial charge in [0.05, 0.1) is 9.79 Å². The maximum absolute atomic E-state index is 13.0. The van der Waals surface area contributed by atoms with Crippen LogP contribution >= 0.6 is 0 Å². The monoisotopic (exact) mass is 388 g/mol. The van der Waals surface area contributed by atoms with Gasteiger partial charge in [-0.15, -0.1) is 0 Å². The first-order valence-corrected chi connectivity index (χ1v) is 10.5. The summed E-state index contributed by atoms with van der Waals surface area (Å²) in [7, 11) is -3.57. The first kappa shape index (κ1) is 18.3. The van der Waals surface area contributed by atoms with Crippen LogP contribution in [-0.2, 0) is 9.84 Å². The Kier molecular flexibility index (Phi) is 4.65. The zero-order valence-corrected chi connectivity index (χ0v) is 16.5. The number of hydrogen-bond donors (Lipinski definition) is 0. The van der Waals surface area contributed by atoms with Crippen LogP contribution in [0.25, 0.3) is 10.8 Å². The fourth-order valence-electron chi connectivity index (χ4n) is 3.18. The molecule has 0 bridgehead atoms. The lowest BCUT2D eigenvalue weighted by molar-refractivity contribution is 0.483. The molecule has 0 radical (unpaired) electrons. The molecule has 0 aliphatic carbocycles. The van der Waals surface area contributed by atoms with Gasteiger partial charge in [0.1, 0.15) is 11.5 Å². The van der Waals surface area contributed by atoms with Gasteiger partial charge >= 0.3 is 0 Å². The smallest absolute Gasteiger partial charge is 0.206 e. The minimum Gasteiger partial charge on any atom is -0.457 e. The maximum Gasteiger partial charge on any atom is 0.206 e. The van der Waals surface area contributed by atoms with Gasteiger partial charge in [0.15, 0.2) is 0 Å². The maximum atomic E-state index is 13.0. The van der Waals surface area contributed by atoms with Gasteiger partial charge in [0, 0.05) is 0 Å². The average Bonchev–Trinajstić information content (AvgIpc) is 2.70. The molecule has 0 N–H and O–H groups in total. The third kappa shape index (κ3) is 3.51. The molecule has 0 spiro atoms. The minimum atomic E-state index is -3.57. The quantitative estimate of drug-likeness (QED) is 0.425. The van der Waals surface area contributed by atoms with Gasteiger partial charge in [-0.3, -0.25) is 0 Å². The molecule has 0 unspecified atom stereocenters. The van der Waals surface area contributed by atoms with E-state index < -0.39 is 9.84 Å². The summed E-state index contributed by atoms with van der Waals surface area (Å²) in [6.45, 7) is 3.70. The summed E-state index contributed by atoms with van der Waals surface area (Å²) < 4.78 is 31.9. The van der Waals surface area contributed by atoms with E-state index in [-0.39, 0.29) is 4.90 Å². The molecule has 4 rings (SSSR count).